The number of para-hydroxylation sites is 2. The first-order valence-electron chi connectivity index (χ1n) is 11.5. The molecule has 5 heteroatoms. The zero-order valence-electron chi connectivity index (χ0n) is 18.6. The lowest BCUT2D eigenvalue weighted by Crippen LogP contribution is -2.17. The maximum atomic E-state index is 12.6. The quantitative estimate of drug-likeness (QED) is 0.303. The molecule has 0 spiro atoms. The summed E-state index contributed by atoms with van der Waals surface area (Å²) in [6, 6.07) is 13.4. The first-order chi connectivity index (χ1) is 15.1. The molecule has 2 rings (SSSR count). The van der Waals surface area contributed by atoms with E-state index in [2.05, 4.69) is 12.2 Å². The fraction of sp³-hybridized carbons (Fsp3) is 0.462. The smallest absolute Gasteiger partial charge is 0.336 e. The number of unbranched alkanes of at least 4 members (excludes halogenated alkanes) is 9. The molecule has 0 aliphatic rings. The van der Waals surface area contributed by atoms with E-state index in [0.29, 0.717) is 18.0 Å². The van der Waals surface area contributed by atoms with Gasteiger partial charge < -0.3 is 15.2 Å². The molecule has 0 aromatic heterocycles. The van der Waals surface area contributed by atoms with Crippen molar-refractivity contribution in [3.63, 3.8) is 0 Å². The lowest BCUT2D eigenvalue weighted by atomic mass is 10.1. The molecule has 0 heterocycles. The van der Waals surface area contributed by atoms with E-state index in [0.717, 1.165) is 12.8 Å². The molecule has 1 amide bonds. The molecule has 0 saturated heterocycles. The zero-order chi connectivity index (χ0) is 22.3. The molecule has 0 bridgehead atoms. The summed E-state index contributed by atoms with van der Waals surface area (Å²) in [6.07, 6.45) is 12.6. The van der Waals surface area contributed by atoms with Crippen LogP contribution in [-0.4, -0.2) is 23.6 Å². The lowest BCUT2D eigenvalue weighted by Gasteiger charge is -2.13. The number of nitrogens with one attached hydrogen (secondary N) is 1. The Bertz CT molecular complexity index is 819. The number of carbonyl (C=O) groups excluding carboxylic acids is 1. The normalized spacial score (nSPS) is 10.6. The number of hydrogen-bond donors (Lipinski definition) is 2. The highest BCUT2D eigenvalue weighted by atomic mass is 16.5. The topological polar surface area (TPSA) is 75.6 Å². The number of aromatic carboxylic acids is 1. The van der Waals surface area contributed by atoms with Gasteiger partial charge in [-0.1, -0.05) is 89.0 Å². The molecule has 0 fully saturated rings. The van der Waals surface area contributed by atoms with E-state index in [1.807, 2.05) is 18.2 Å². The third-order valence-corrected chi connectivity index (χ3v) is 5.29. The molecule has 31 heavy (non-hydrogen) atoms. The number of amides is 1. The first kappa shape index (κ1) is 24.4. The van der Waals surface area contributed by atoms with Crippen LogP contribution in [0.3, 0.4) is 0 Å². The van der Waals surface area contributed by atoms with Gasteiger partial charge in [0.15, 0.2) is 0 Å². The minimum atomic E-state index is -1.13. The van der Waals surface area contributed by atoms with Gasteiger partial charge in [0.25, 0.3) is 5.91 Å². The molecule has 5 nitrogen and oxygen atoms in total. The monoisotopic (exact) mass is 425 g/mol. The van der Waals surface area contributed by atoms with Gasteiger partial charge in [-0.2, -0.15) is 0 Å². The predicted molar refractivity (Wildman–Crippen MR) is 125 cm³/mol. The first-order valence-corrected chi connectivity index (χ1v) is 11.5. The minimum absolute atomic E-state index is 0.0243. The maximum absolute atomic E-state index is 12.6. The number of ether oxygens (including phenoxy) is 1. The standard InChI is InChI=1S/C26H35NO4/c1-2-3-4-5-6-7-8-9-10-15-20-31-24-19-14-13-18-23(24)27-25(28)21-16-11-12-17-22(21)26(29)30/h11-14,16-19H,2-10,15,20H2,1H3,(H,27,28)(H,29,30). The van der Waals surface area contributed by atoms with Gasteiger partial charge in [-0.15, -0.1) is 0 Å². The summed E-state index contributed by atoms with van der Waals surface area (Å²) in [5.74, 6) is -0.996. The number of benzene rings is 2. The number of carboxylic acid groups (broad SMARTS) is 1. The molecule has 0 saturated carbocycles. The Balaban J connectivity index is 1.75. The summed E-state index contributed by atoms with van der Waals surface area (Å²) < 4.78 is 5.89. The van der Waals surface area contributed by atoms with Gasteiger partial charge in [-0.25, -0.2) is 4.79 Å². The van der Waals surface area contributed by atoms with Gasteiger partial charge in [0, 0.05) is 0 Å². The van der Waals surface area contributed by atoms with Crippen molar-refractivity contribution in [2.45, 2.75) is 71.1 Å². The highest BCUT2D eigenvalue weighted by molar-refractivity contribution is 6.11. The summed E-state index contributed by atoms with van der Waals surface area (Å²) in [6.45, 7) is 2.84. The fourth-order valence-electron chi connectivity index (χ4n) is 3.52. The molecular weight excluding hydrogens is 390 g/mol. The lowest BCUT2D eigenvalue weighted by molar-refractivity contribution is 0.0692. The average molecular weight is 426 g/mol. The van der Waals surface area contributed by atoms with E-state index < -0.39 is 11.9 Å². The van der Waals surface area contributed by atoms with Crippen molar-refractivity contribution in [2.75, 3.05) is 11.9 Å². The fourth-order valence-corrected chi connectivity index (χ4v) is 3.52. The van der Waals surface area contributed by atoms with Gasteiger partial charge >= 0.3 is 5.97 Å². The Kier molecular flexibility index (Phi) is 11.2. The van der Waals surface area contributed by atoms with Crippen molar-refractivity contribution < 1.29 is 19.4 Å². The van der Waals surface area contributed by atoms with Crippen molar-refractivity contribution in [1.29, 1.82) is 0 Å². The molecule has 2 N–H and O–H groups in total. The molecule has 2 aromatic carbocycles. The third-order valence-electron chi connectivity index (χ3n) is 5.29. The zero-order valence-corrected chi connectivity index (χ0v) is 18.6. The van der Waals surface area contributed by atoms with Gasteiger partial charge in [0.1, 0.15) is 5.75 Å². The van der Waals surface area contributed by atoms with Crippen LogP contribution in [0.15, 0.2) is 48.5 Å². The van der Waals surface area contributed by atoms with Gasteiger partial charge in [-0.05, 0) is 30.7 Å². The second-order valence-corrected chi connectivity index (χ2v) is 7.83. The Morgan fingerprint density at radius 1 is 0.774 bits per heavy atom. The van der Waals surface area contributed by atoms with Crippen LogP contribution in [0.1, 0.15) is 91.8 Å². The number of carboxylic acids is 1. The summed E-state index contributed by atoms with van der Waals surface area (Å²) >= 11 is 0. The van der Waals surface area contributed by atoms with Crippen LogP contribution >= 0.6 is 0 Å². The Hall–Kier alpha value is -2.82. The summed E-state index contributed by atoms with van der Waals surface area (Å²) in [7, 11) is 0. The molecule has 0 radical (unpaired) electrons. The van der Waals surface area contributed by atoms with Crippen molar-refractivity contribution in [2.24, 2.45) is 0 Å². The second-order valence-electron chi connectivity index (χ2n) is 7.83. The van der Waals surface area contributed by atoms with E-state index in [-0.39, 0.29) is 11.1 Å². The van der Waals surface area contributed by atoms with Gasteiger partial charge in [0.2, 0.25) is 0 Å². The van der Waals surface area contributed by atoms with Crippen LogP contribution in [0.4, 0.5) is 5.69 Å². The largest absolute Gasteiger partial charge is 0.491 e. The van der Waals surface area contributed by atoms with Gasteiger partial charge in [-0.3, -0.25) is 4.79 Å². The van der Waals surface area contributed by atoms with E-state index in [1.54, 1.807) is 18.2 Å². The molecule has 168 valence electrons. The van der Waals surface area contributed by atoms with Crippen LogP contribution in [0.2, 0.25) is 0 Å². The molecule has 0 aliphatic carbocycles. The Morgan fingerprint density at radius 2 is 1.32 bits per heavy atom. The maximum Gasteiger partial charge on any atom is 0.336 e. The third kappa shape index (κ3) is 8.83. The second kappa shape index (κ2) is 14.2. The minimum Gasteiger partial charge on any atom is -0.491 e. The number of carbonyl (C=O) groups is 2. The average Bonchev–Trinajstić information content (AvgIpc) is 2.78. The van der Waals surface area contributed by atoms with Crippen molar-refractivity contribution in [1.82, 2.24) is 0 Å². The molecule has 0 unspecified atom stereocenters. The van der Waals surface area contributed by atoms with Gasteiger partial charge in [0.05, 0.1) is 23.4 Å². The number of anilines is 1. The molecule has 0 atom stereocenters. The highest BCUT2D eigenvalue weighted by Gasteiger charge is 2.17. The number of hydrogen-bond acceptors (Lipinski definition) is 3. The van der Waals surface area contributed by atoms with Crippen molar-refractivity contribution in [3.8, 4) is 5.75 Å². The Morgan fingerprint density at radius 3 is 1.97 bits per heavy atom. The van der Waals surface area contributed by atoms with Crippen LogP contribution in [0, 0.1) is 0 Å². The van der Waals surface area contributed by atoms with E-state index in [9.17, 15) is 14.7 Å². The van der Waals surface area contributed by atoms with Crippen LogP contribution < -0.4 is 10.1 Å². The van der Waals surface area contributed by atoms with Crippen LogP contribution in [0.5, 0.6) is 5.75 Å². The number of rotatable bonds is 15. The highest BCUT2D eigenvalue weighted by Crippen LogP contribution is 2.25. The SMILES string of the molecule is CCCCCCCCCCCCOc1ccccc1NC(=O)c1ccccc1C(=O)O. The molecular formula is C26H35NO4. The Labute approximate surface area is 185 Å². The van der Waals surface area contributed by atoms with Crippen LogP contribution in [-0.2, 0) is 0 Å². The van der Waals surface area contributed by atoms with E-state index in [1.165, 1.54) is 63.5 Å². The van der Waals surface area contributed by atoms with Crippen molar-refractivity contribution >= 4 is 17.6 Å². The molecule has 2 aromatic rings. The summed E-state index contributed by atoms with van der Waals surface area (Å²) in [5.41, 5.74) is 0.642. The van der Waals surface area contributed by atoms with Crippen LogP contribution in [0.25, 0.3) is 0 Å². The molecule has 0 aliphatic heterocycles. The predicted octanol–water partition coefficient (Wildman–Crippen LogP) is 6.94. The van der Waals surface area contributed by atoms with Crippen molar-refractivity contribution in [3.05, 3.63) is 59.7 Å². The summed E-state index contributed by atoms with van der Waals surface area (Å²) in [5, 5.41) is 12.1. The van der Waals surface area contributed by atoms with E-state index in [4.69, 9.17) is 4.74 Å². The van der Waals surface area contributed by atoms with E-state index >= 15 is 0 Å². The summed E-state index contributed by atoms with van der Waals surface area (Å²) in [4.78, 5) is 24.0.